The lowest BCUT2D eigenvalue weighted by atomic mass is 10.2. The molecule has 0 spiro atoms. The second-order valence-corrected chi connectivity index (χ2v) is 10.4. The summed E-state index contributed by atoms with van der Waals surface area (Å²) in [5.74, 6) is 0.564. The van der Waals surface area contributed by atoms with E-state index < -0.39 is 9.84 Å². The van der Waals surface area contributed by atoms with Crippen LogP contribution in [-0.2, 0) is 9.84 Å². The van der Waals surface area contributed by atoms with Gasteiger partial charge < -0.3 is 9.64 Å². The highest BCUT2D eigenvalue weighted by molar-refractivity contribution is 7.90. The van der Waals surface area contributed by atoms with E-state index in [9.17, 15) is 13.2 Å². The monoisotopic (exact) mass is 511 g/mol. The SMILES string of the molecule is CCOc1ccc2nc(N(CCN(CC)CC)C(=O)c3ccc(S(C)(=O)=O)cc3)sc2c1.Cl. The van der Waals surface area contributed by atoms with E-state index in [0.717, 1.165) is 35.3 Å². The maximum atomic E-state index is 13.4. The number of thiazole rings is 1. The number of ether oxygens (including phenoxy) is 1. The Morgan fingerprint density at radius 1 is 1.03 bits per heavy atom. The molecule has 180 valence electrons. The Bertz CT molecular complexity index is 1180. The Labute approximate surface area is 205 Å². The van der Waals surface area contributed by atoms with Crippen molar-refractivity contribution in [3.05, 3.63) is 48.0 Å². The molecule has 0 aliphatic rings. The lowest BCUT2D eigenvalue weighted by Gasteiger charge is -2.24. The first-order valence-electron chi connectivity index (χ1n) is 10.6. The van der Waals surface area contributed by atoms with Gasteiger partial charge in [0, 0.05) is 24.9 Å². The molecule has 3 aromatic rings. The quantitative estimate of drug-likeness (QED) is 0.398. The molecular weight excluding hydrogens is 482 g/mol. The van der Waals surface area contributed by atoms with Crippen LogP contribution >= 0.6 is 23.7 Å². The predicted octanol–water partition coefficient (Wildman–Crippen LogP) is 4.51. The molecule has 1 aromatic heterocycles. The zero-order chi connectivity index (χ0) is 23.3. The van der Waals surface area contributed by atoms with Gasteiger partial charge in [0.2, 0.25) is 0 Å². The minimum atomic E-state index is -3.33. The number of halogens is 1. The van der Waals surface area contributed by atoms with Crippen LogP contribution in [0.15, 0.2) is 47.4 Å². The van der Waals surface area contributed by atoms with Gasteiger partial charge in [-0.05, 0) is 62.5 Å². The first kappa shape index (κ1) is 27.0. The highest BCUT2D eigenvalue weighted by atomic mass is 35.5. The average molecular weight is 512 g/mol. The third-order valence-corrected chi connectivity index (χ3v) is 7.37. The summed E-state index contributed by atoms with van der Waals surface area (Å²) < 4.78 is 30.1. The van der Waals surface area contributed by atoms with E-state index >= 15 is 0 Å². The van der Waals surface area contributed by atoms with Crippen molar-refractivity contribution in [2.45, 2.75) is 25.7 Å². The molecule has 0 aliphatic carbocycles. The number of hydrogen-bond acceptors (Lipinski definition) is 7. The van der Waals surface area contributed by atoms with E-state index in [1.807, 2.05) is 25.1 Å². The molecule has 0 saturated carbocycles. The number of hydrogen-bond donors (Lipinski definition) is 0. The number of benzene rings is 2. The van der Waals surface area contributed by atoms with Crippen LogP contribution in [0.1, 0.15) is 31.1 Å². The van der Waals surface area contributed by atoms with E-state index in [2.05, 4.69) is 18.7 Å². The number of likely N-dealkylation sites (N-methyl/N-ethyl adjacent to an activating group) is 1. The maximum Gasteiger partial charge on any atom is 0.260 e. The van der Waals surface area contributed by atoms with E-state index in [4.69, 9.17) is 9.72 Å². The molecule has 0 aliphatic heterocycles. The molecule has 7 nitrogen and oxygen atoms in total. The van der Waals surface area contributed by atoms with Crippen molar-refractivity contribution in [1.29, 1.82) is 0 Å². The molecule has 0 unspecified atom stereocenters. The minimum Gasteiger partial charge on any atom is -0.494 e. The molecule has 1 amide bonds. The van der Waals surface area contributed by atoms with E-state index in [-0.39, 0.29) is 23.2 Å². The largest absolute Gasteiger partial charge is 0.494 e. The second-order valence-electron chi connectivity index (χ2n) is 7.34. The zero-order valence-corrected chi connectivity index (χ0v) is 21.7. The van der Waals surface area contributed by atoms with Gasteiger partial charge in [0.15, 0.2) is 15.0 Å². The Morgan fingerprint density at radius 3 is 2.27 bits per heavy atom. The third-order valence-electron chi connectivity index (χ3n) is 5.20. The maximum absolute atomic E-state index is 13.4. The van der Waals surface area contributed by atoms with Crippen molar-refractivity contribution in [3.63, 3.8) is 0 Å². The van der Waals surface area contributed by atoms with Crippen LogP contribution < -0.4 is 9.64 Å². The van der Waals surface area contributed by atoms with Gasteiger partial charge in [0.1, 0.15) is 5.75 Å². The van der Waals surface area contributed by atoms with Crippen molar-refractivity contribution in [1.82, 2.24) is 9.88 Å². The standard InChI is InChI=1S/C23H29N3O4S2.ClH/c1-5-25(6-2)14-15-26(22(27)17-8-11-19(12-9-17)32(4,28)29)23-24-20-13-10-18(30-7-3)16-21(20)31-23;/h8-13,16H,5-7,14-15H2,1-4H3;1H. The number of nitrogens with zero attached hydrogens (tertiary/aromatic N) is 3. The van der Waals surface area contributed by atoms with Gasteiger partial charge in [-0.15, -0.1) is 12.4 Å². The summed E-state index contributed by atoms with van der Waals surface area (Å²) in [6, 6.07) is 11.8. The first-order valence-corrected chi connectivity index (χ1v) is 13.3. The van der Waals surface area contributed by atoms with E-state index in [0.29, 0.717) is 30.4 Å². The summed E-state index contributed by atoms with van der Waals surface area (Å²) in [5, 5.41) is 0.609. The predicted molar refractivity (Wildman–Crippen MR) is 137 cm³/mol. The lowest BCUT2D eigenvalue weighted by molar-refractivity contribution is 0.0983. The van der Waals surface area contributed by atoms with Gasteiger partial charge in [-0.3, -0.25) is 9.69 Å². The summed E-state index contributed by atoms with van der Waals surface area (Å²) >= 11 is 1.44. The van der Waals surface area contributed by atoms with Crippen LogP contribution in [0, 0.1) is 0 Å². The van der Waals surface area contributed by atoms with Gasteiger partial charge in [-0.2, -0.15) is 0 Å². The summed E-state index contributed by atoms with van der Waals surface area (Å²) in [6.07, 6.45) is 1.15. The highest BCUT2D eigenvalue weighted by Gasteiger charge is 2.22. The summed E-state index contributed by atoms with van der Waals surface area (Å²) in [7, 11) is -3.33. The van der Waals surface area contributed by atoms with Crippen molar-refractivity contribution in [2.24, 2.45) is 0 Å². The van der Waals surface area contributed by atoms with E-state index in [1.165, 1.54) is 23.5 Å². The molecule has 0 bridgehead atoms. The van der Waals surface area contributed by atoms with Gasteiger partial charge in [-0.1, -0.05) is 25.2 Å². The van der Waals surface area contributed by atoms with Crippen LogP contribution in [0.5, 0.6) is 5.75 Å². The number of amides is 1. The Morgan fingerprint density at radius 2 is 1.70 bits per heavy atom. The van der Waals surface area contributed by atoms with Gasteiger partial charge >= 0.3 is 0 Å². The Kier molecular flexibility index (Phi) is 9.66. The average Bonchev–Trinajstić information content (AvgIpc) is 3.19. The summed E-state index contributed by atoms with van der Waals surface area (Å²) in [4.78, 5) is 22.3. The molecule has 10 heteroatoms. The third kappa shape index (κ3) is 6.66. The molecule has 0 fully saturated rings. The Balaban J connectivity index is 0.00000385. The number of fused-ring (bicyclic) bond motifs is 1. The fourth-order valence-corrected chi connectivity index (χ4v) is 4.98. The number of rotatable bonds is 10. The molecule has 0 radical (unpaired) electrons. The molecule has 1 heterocycles. The number of carbonyl (C=O) groups excluding carboxylic acids is 1. The zero-order valence-electron chi connectivity index (χ0n) is 19.3. The van der Waals surface area contributed by atoms with Crippen LogP contribution in [0.3, 0.4) is 0 Å². The van der Waals surface area contributed by atoms with Crippen LogP contribution in [0.4, 0.5) is 5.13 Å². The first-order chi connectivity index (χ1) is 15.3. The Hall–Kier alpha value is -2.20. The minimum absolute atomic E-state index is 0. The normalized spacial score (nSPS) is 11.4. The summed E-state index contributed by atoms with van der Waals surface area (Å²) in [6.45, 7) is 9.66. The molecule has 0 saturated heterocycles. The van der Waals surface area contributed by atoms with Crippen LogP contribution in [0.25, 0.3) is 10.2 Å². The van der Waals surface area contributed by atoms with Crippen molar-refractivity contribution in [2.75, 3.05) is 43.9 Å². The van der Waals surface area contributed by atoms with Gasteiger partial charge in [-0.25, -0.2) is 13.4 Å². The molecule has 2 aromatic carbocycles. The molecule has 0 N–H and O–H groups in total. The fraction of sp³-hybridized carbons (Fsp3) is 0.391. The molecule has 3 rings (SSSR count). The van der Waals surface area contributed by atoms with Crippen LogP contribution in [-0.4, -0.2) is 63.3 Å². The molecular formula is C23H30ClN3O4S2. The smallest absolute Gasteiger partial charge is 0.260 e. The topological polar surface area (TPSA) is 79.8 Å². The number of sulfone groups is 1. The van der Waals surface area contributed by atoms with E-state index in [1.54, 1.807) is 17.0 Å². The molecule has 33 heavy (non-hydrogen) atoms. The second kappa shape index (κ2) is 11.8. The molecule has 0 atom stereocenters. The number of aromatic nitrogens is 1. The van der Waals surface area contributed by atoms with Gasteiger partial charge in [0.25, 0.3) is 5.91 Å². The summed E-state index contributed by atoms with van der Waals surface area (Å²) in [5.41, 5.74) is 1.23. The van der Waals surface area contributed by atoms with Crippen molar-refractivity contribution >= 4 is 54.8 Å². The fourth-order valence-electron chi connectivity index (χ4n) is 3.33. The number of carbonyl (C=O) groups is 1. The van der Waals surface area contributed by atoms with Gasteiger partial charge in [0.05, 0.1) is 21.7 Å². The highest BCUT2D eigenvalue weighted by Crippen LogP contribution is 2.32. The number of anilines is 1. The van der Waals surface area contributed by atoms with Crippen molar-refractivity contribution in [3.8, 4) is 5.75 Å². The van der Waals surface area contributed by atoms with Crippen molar-refractivity contribution < 1.29 is 17.9 Å². The lowest BCUT2D eigenvalue weighted by Crippen LogP contribution is -2.38. The van der Waals surface area contributed by atoms with Crippen LogP contribution in [0.2, 0.25) is 0 Å².